The molecule has 1 aromatic carbocycles. The van der Waals surface area contributed by atoms with Crippen molar-refractivity contribution in [2.24, 2.45) is 5.41 Å². The van der Waals surface area contributed by atoms with Crippen molar-refractivity contribution in [1.82, 2.24) is 5.32 Å². The maximum Gasteiger partial charge on any atom is 0.319 e. The van der Waals surface area contributed by atoms with Crippen LogP contribution in [-0.4, -0.2) is 23.0 Å². The van der Waals surface area contributed by atoms with E-state index in [4.69, 9.17) is 0 Å². The topological polar surface area (TPSA) is 66.4 Å². The highest BCUT2D eigenvalue weighted by molar-refractivity contribution is 9.10. The zero-order valence-electron chi connectivity index (χ0n) is 11.0. The van der Waals surface area contributed by atoms with Crippen LogP contribution in [0.25, 0.3) is 0 Å². The van der Waals surface area contributed by atoms with Gasteiger partial charge in [0, 0.05) is 10.5 Å². The van der Waals surface area contributed by atoms with E-state index in [0.29, 0.717) is 10.0 Å². The smallest absolute Gasteiger partial charge is 0.319 e. The molecule has 6 heteroatoms. The third-order valence-corrected chi connectivity index (χ3v) is 4.21. The lowest BCUT2D eigenvalue weighted by atomic mass is 9.82. The molecule has 1 aromatic rings. The number of carboxylic acid groups (broad SMARTS) is 1. The van der Waals surface area contributed by atoms with Crippen LogP contribution in [0.5, 0.6) is 0 Å². The summed E-state index contributed by atoms with van der Waals surface area (Å²) >= 11 is 3.25. The molecule has 1 unspecified atom stereocenters. The van der Waals surface area contributed by atoms with Gasteiger partial charge in [0.15, 0.2) is 0 Å². The average molecular weight is 344 g/mol. The van der Waals surface area contributed by atoms with Crippen molar-refractivity contribution in [3.63, 3.8) is 0 Å². The van der Waals surface area contributed by atoms with Gasteiger partial charge < -0.3 is 10.4 Å². The van der Waals surface area contributed by atoms with Gasteiger partial charge in [-0.2, -0.15) is 0 Å². The third-order valence-electron chi connectivity index (χ3n) is 3.44. The number of nitrogens with one attached hydrogen (secondary N) is 1. The summed E-state index contributed by atoms with van der Waals surface area (Å²) in [6.07, 6.45) is 1.69. The molecule has 0 saturated heterocycles. The molecule has 4 nitrogen and oxygen atoms in total. The molecule has 1 saturated carbocycles. The van der Waals surface area contributed by atoms with E-state index >= 15 is 0 Å². The molecule has 0 aromatic heterocycles. The number of carboxylic acids is 1. The largest absolute Gasteiger partial charge is 0.480 e. The molecule has 1 aliphatic carbocycles. The first-order valence-corrected chi connectivity index (χ1v) is 7.10. The van der Waals surface area contributed by atoms with Gasteiger partial charge in [-0.1, -0.05) is 15.9 Å². The van der Waals surface area contributed by atoms with Gasteiger partial charge in [-0.05, 0) is 49.9 Å². The SMILES string of the molecule is CC(Cc1cc(F)ccc1Br)(C(=O)O)C(=O)NC1CC1. The van der Waals surface area contributed by atoms with E-state index in [0.717, 1.165) is 12.8 Å². The Morgan fingerprint density at radius 2 is 2.15 bits per heavy atom. The summed E-state index contributed by atoms with van der Waals surface area (Å²) in [5.41, 5.74) is -1.15. The predicted octanol–water partition coefficient (Wildman–Crippen LogP) is 2.50. The zero-order valence-corrected chi connectivity index (χ0v) is 12.5. The van der Waals surface area contributed by atoms with Crippen LogP contribution in [0.2, 0.25) is 0 Å². The Balaban J connectivity index is 2.25. The second kappa shape index (κ2) is 5.52. The highest BCUT2D eigenvalue weighted by Gasteiger charge is 2.43. The molecular weight excluding hydrogens is 329 g/mol. The Morgan fingerprint density at radius 1 is 1.50 bits per heavy atom. The summed E-state index contributed by atoms with van der Waals surface area (Å²) in [4.78, 5) is 23.7. The molecule has 0 heterocycles. The van der Waals surface area contributed by atoms with E-state index < -0.39 is 23.1 Å². The fourth-order valence-electron chi connectivity index (χ4n) is 1.89. The first kappa shape index (κ1) is 15.0. The molecule has 1 amide bonds. The molecule has 0 bridgehead atoms. The normalized spacial score (nSPS) is 17.4. The number of amides is 1. The minimum atomic E-state index is -1.61. The van der Waals surface area contributed by atoms with Crippen molar-refractivity contribution in [3.8, 4) is 0 Å². The minimum Gasteiger partial charge on any atom is -0.480 e. The molecule has 0 spiro atoms. The number of benzene rings is 1. The van der Waals surface area contributed by atoms with E-state index in [1.807, 2.05) is 0 Å². The van der Waals surface area contributed by atoms with Crippen molar-refractivity contribution < 1.29 is 19.1 Å². The van der Waals surface area contributed by atoms with Crippen LogP contribution in [-0.2, 0) is 16.0 Å². The monoisotopic (exact) mass is 343 g/mol. The van der Waals surface area contributed by atoms with Gasteiger partial charge in [0.05, 0.1) is 0 Å². The van der Waals surface area contributed by atoms with Gasteiger partial charge in [0.2, 0.25) is 5.91 Å². The van der Waals surface area contributed by atoms with Crippen LogP contribution in [0.15, 0.2) is 22.7 Å². The fraction of sp³-hybridized carbons (Fsp3) is 0.429. The number of hydrogen-bond donors (Lipinski definition) is 2. The number of carbonyl (C=O) groups excluding carboxylic acids is 1. The summed E-state index contributed by atoms with van der Waals surface area (Å²) < 4.78 is 13.9. The van der Waals surface area contributed by atoms with Crippen LogP contribution < -0.4 is 5.32 Å². The second-order valence-electron chi connectivity index (χ2n) is 5.30. The van der Waals surface area contributed by atoms with Gasteiger partial charge in [-0.25, -0.2) is 4.39 Å². The summed E-state index contributed by atoms with van der Waals surface area (Å²) in [7, 11) is 0. The van der Waals surface area contributed by atoms with Gasteiger partial charge in [0.1, 0.15) is 11.2 Å². The number of carbonyl (C=O) groups is 2. The summed E-state index contributed by atoms with van der Waals surface area (Å²) in [6.45, 7) is 1.37. The minimum absolute atomic E-state index is 0.0702. The van der Waals surface area contributed by atoms with Crippen LogP contribution in [0, 0.1) is 11.2 Å². The van der Waals surface area contributed by atoms with E-state index in [2.05, 4.69) is 21.2 Å². The third kappa shape index (κ3) is 3.17. The van der Waals surface area contributed by atoms with Crippen molar-refractivity contribution in [1.29, 1.82) is 0 Å². The summed E-state index contributed by atoms with van der Waals surface area (Å²) in [6, 6.07) is 4.11. The fourth-order valence-corrected chi connectivity index (χ4v) is 2.27. The average Bonchev–Trinajstić information content (AvgIpc) is 3.17. The maximum absolute atomic E-state index is 13.3. The molecule has 108 valence electrons. The van der Waals surface area contributed by atoms with Gasteiger partial charge in [-0.3, -0.25) is 9.59 Å². The Kier molecular flexibility index (Phi) is 4.13. The molecule has 0 radical (unpaired) electrons. The lowest BCUT2D eigenvalue weighted by Gasteiger charge is -2.24. The molecule has 0 aliphatic heterocycles. The highest BCUT2D eigenvalue weighted by atomic mass is 79.9. The summed E-state index contributed by atoms with van der Waals surface area (Å²) in [5, 5.41) is 12.1. The first-order valence-electron chi connectivity index (χ1n) is 6.31. The molecule has 1 fully saturated rings. The zero-order chi connectivity index (χ0) is 14.9. The Morgan fingerprint density at radius 3 is 2.70 bits per heavy atom. The second-order valence-corrected chi connectivity index (χ2v) is 6.15. The molecule has 2 N–H and O–H groups in total. The number of halogens is 2. The lowest BCUT2D eigenvalue weighted by Crippen LogP contribution is -2.46. The van der Waals surface area contributed by atoms with E-state index in [1.54, 1.807) is 0 Å². The van der Waals surface area contributed by atoms with Crippen molar-refractivity contribution in [2.75, 3.05) is 0 Å². The van der Waals surface area contributed by atoms with Crippen molar-refractivity contribution in [3.05, 3.63) is 34.1 Å². The van der Waals surface area contributed by atoms with Gasteiger partial charge >= 0.3 is 5.97 Å². The van der Waals surface area contributed by atoms with Crippen molar-refractivity contribution >= 4 is 27.8 Å². The van der Waals surface area contributed by atoms with Crippen LogP contribution in [0.3, 0.4) is 0 Å². The van der Waals surface area contributed by atoms with E-state index in [-0.39, 0.29) is 12.5 Å². The molecule has 2 rings (SSSR count). The molecular formula is C14H15BrFNO3. The Labute approximate surface area is 124 Å². The van der Waals surface area contributed by atoms with Gasteiger partial charge in [0.25, 0.3) is 0 Å². The quantitative estimate of drug-likeness (QED) is 0.807. The van der Waals surface area contributed by atoms with Gasteiger partial charge in [-0.15, -0.1) is 0 Å². The van der Waals surface area contributed by atoms with Crippen LogP contribution >= 0.6 is 15.9 Å². The van der Waals surface area contributed by atoms with Crippen LogP contribution in [0.4, 0.5) is 4.39 Å². The van der Waals surface area contributed by atoms with E-state index in [9.17, 15) is 19.1 Å². The highest BCUT2D eigenvalue weighted by Crippen LogP contribution is 2.30. The van der Waals surface area contributed by atoms with Crippen LogP contribution in [0.1, 0.15) is 25.3 Å². The Hall–Kier alpha value is -1.43. The Bertz CT molecular complexity index is 559. The molecule has 1 atom stereocenters. The number of hydrogen-bond acceptors (Lipinski definition) is 2. The predicted molar refractivity (Wildman–Crippen MR) is 74.7 cm³/mol. The maximum atomic E-state index is 13.3. The standard InChI is InChI=1S/C14H15BrFNO3/c1-14(13(19)20,12(18)17-10-3-4-10)7-8-6-9(16)2-5-11(8)15/h2,5-6,10H,3-4,7H2,1H3,(H,17,18)(H,19,20). The molecule has 20 heavy (non-hydrogen) atoms. The number of aliphatic carboxylic acids is 1. The molecule has 1 aliphatic rings. The lowest BCUT2D eigenvalue weighted by molar-refractivity contribution is -0.154. The summed E-state index contributed by atoms with van der Waals surface area (Å²) in [5.74, 6) is -2.20. The number of rotatable bonds is 5. The first-order chi connectivity index (χ1) is 9.33. The van der Waals surface area contributed by atoms with Crippen molar-refractivity contribution in [2.45, 2.75) is 32.2 Å². The van der Waals surface area contributed by atoms with E-state index in [1.165, 1.54) is 25.1 Å².